The number of methoxy groups -OCH3 is 6. The van der Waals surface area contributed by atoms with E-state index in [0.717, 1.165) is 36.8 Å². The average Bonchev–Trinajstić information content (AvgIpc) is 3.11. The van der Waals surface area contributed by atoms with Crippen LogP contribution in [0.3, 0.4) is 0 Å². The number of carbonyl (C=O) groups is 2. The number of likely N-dealkylation sites (N-methyl/N-ethyl adjacent to an activating group) is 2. The fourth-order valence-electron chi connectivity index (χ4n) is 5.81. The zero-order chi connectivity index (χ0) is 35.1. The van der Waals surface area contributed by atoms with Crippen molar-refractivity contribution in [1.82, 2.24) is 9.80 Å². The van der Waals surface area contributed by atoms with E-state index in [1.165, 1.54) is 0 Å². The second kappa shape index (κ2) is 19.1. The van der Waals surface area contributed by atoms with Crippen molar-refractivity contribution in [2.45, 2.75) is 25.7 Å². The Morgan fingerprint density at radius 2 is 0.875 bits per heavy atom. The molecule has 0 radical (unpaired) electrons. The van der Waals surface area contributed by atoms with Gasteiger partial charge in [-0.2, -0.15) is 0 Å². The third-order valence-corrected chi connectivity index (χ3v) is 8.43. The Morgan fingerprint density at radius 3 is 1.15 bits per heavy atom. The Kier molecular flexibility index (Phi) is 14.9. The minimum absolute atomic E-state index is 0.0388. The summed E-state index contributed by atoms with van der Waals surface area (Å²) < 4.78 is 32.3. The molecule has 0 saturated heterocycles. The molecule has 48 heavy (non-hydrogen) atoms. The molecule has 3 rings (SSSR count). The lowest BCUT2D eigenvalue weighted by Gasteiger charge is -2.32. The summed E-state index contributed by atoms with van der Waals surface area (Å²) in [4.78, 5) is 29.1. The molecule has 0 bridgehead atoms. The largest absolute Gasteiger partial charge is 0.493 e. The first kappa shape index (κ1) is 37.6. The minimum Gasteiger partial charge on any atom is -0.493 e. The lowest BCUT2D eigenvalue weighted by atomic mass is 9.81. The molecule has 0 spiro atoms. The first-order valence-electron chi connectivity index (χ1n) is 16.0. The van der Waals surface area contributed by atoms with Gasteiger partial charge in [0.1, 0.15) is 0 Å². The van der Waals surface area contributed by atoms with Crippen molar-refractivity contribution in [3.63, 3.8) is 0 Å². The number of allylic oxidation sites excluding steroid dienone is 4. The molecule has 2 amide bonds. The lowest BCUT2D eigenvalue weighted by molar-refractivity contribution is -0.126. The second-order valence-corrected chi connectivity index (χ2v) is 11.7. The summed E-state index contributed by atoms with van der Waals surface area (Å²) in [7, 11) is 13.1. The van der Waals surface area contributed by atoms with Gasteiger partial charge in [0.2, 0.25) is 23.3 Å². The number of benzene rings is 2. The lowest BCUT2D eigenvalue weighted by Crippen LogP contribution is -2.35. The van der Waals surface area contributed by atoms with Crippen molar-refractivity contribution in [2.24, 2.45) is 11.8 Å². The van der Waals surface area contributed by atoms with Gasteiger partial charge >= 0.3 is 0 Å². The molecular formula is C38H50N2O8. The third kappa shape index (κ3) is 10.6. The van der Waals surface area contributed by atoms with Crippen molar-refractivity contribution in [2.75, 3.05) is 69.8 Å². The van der Waals surface area contributed by atoms with Crippen molar-refractivity contribution < 1.29 is 38.0 Å². The van der Waals surface area contributed by atoms with Gasteiger partial charge in [-0.05, 0) is 72.9 Å². The highest BCUT2D eigenvalue weighted by Gasteiger charge is 2.24. The second-order valence-electron chi connectivity index (χ2n) is 11.7. The van der Waals surface area contributed by atoms with Crippen LogP contribution in [-0.2, 0) is 9.59 Å². The summed E-state index contributed by atoms with van der Waals surface area (Å²) in [6, 6.07) is 7.39. The van der Waals surface area contributed by atoms with Crippen LogP contribution in [0.5, 0.6) is 34.5 Å². The Bertz CT molecular complexity index is 1330. The van der Waals surface area contributed by atoms with Gasteiger partial charge in [-0.15, -0.1) is 0 Å². The summed E-state index contributed by atoms with van der Waals surface area (Å²) in [6.07, 6.45) is 18.1. The van der Waals surface area contributed by atoms with Crippen molar-refractivity contribution >= 4 is 24.0 Å². The smallest absolute Gasteiger partial charge is 0.246 e. The van der Waals surface area contributed by atoms with E-state index < -0.39 is 0 Å². The van der Waals surface area contributed by atoms with Crippen LogP contribution in [0.15, 0.2) is 60.7 Å². The van der Waals surface area contributed by atoms with Gasteiger partial charge in [-0.25, -0.2) is 0 Å². The van der Waals surface area contributed by atoms with Gasteiger partial charge in [0.15, 0.2) is 23.0 Å². The van der Waals surface area contributed by atoms with Crippen molar-refractivity contribution in [3.05, 3.63) is 71.8 Å². The van der Waals surface area contributed by atoms with Gasteiger partial charge in [0, 0.05) is 39.3 Å². The molecular weight excluding hydrogens is 612 g/mol. The summed E-state index contributed by atoms with van der Waals surface area (Å²) in [5.74, 6) is 4.15. The molecule has 1 aliphatic rings. The van der Waals surface area contributed by atoms with Crippen LogP contribution in [0.25, 0.3) is 12.2 Å². The number of ether oxygens (including phenoxy) is 6. The highest BCUT2D eigenvalue weighted by atomic mass is 16.5. The van der Waals surface area contributed by atoms with Gasteiger partial charge < -0.3 is 38.2 Å². The number of hydrogen-bond donors (Lipinski definition) is 0. The molecule has 2 aromatic carbocycles. The van der Waals surface area contributed by atoms with E-state index in [1.54, 1.807) is 76.8 Å². The number of amides is 2. The minimum atomic E-state index is -0.0388. The summed E-state index contributed by atoms with van der Waals surface area (Å²) in [6.45, 7) is 1.42. The molecule has 10 heteroatoms. The molecule has 0 atom stereocenters. The van der Waals surface area contributed by atoms with Gasteiger partial charge in [-0.1, -0.05) is 36.5 Å². The van der Waals surface area contributed by atoms with Crippen LogP contribution in [0, 0.1) is 11.8 Å². The number of carbonyl (C=O) groups excluding carboxylic acids is 2. The van der Waals surface area contributed by atoms with Crippen LogP contribution in [0.1, 0.15) is 36.8 Å². The van der Waals surface area contributed by atoms with E-state index in [4.69, 9.17) is 28.4 Å². The molecule has 0 N–H and O–H groups in total. The molecule has 0 aliphatic heterocycles. The predicted molar refractivity (Wildman–Crippen MR) is 189 cm³/mol. The first-order valence-corrected chi connectivity index (χ1v) is 16.0. The van der Waals surface area contributed by atoms with Crippen molar-refractivity contribution in [3.8, 4) is 34.5 Å². The van der Waals surface area contributed by atoms with E-state index >= 15 is 0 Å². The van der Waals surface area contributed by atoms with E-state index in [1.807, 2.05) is 62.7 Å². The standard InChI is InChI=1S/C38H50N2O8/c1-39(35(41)15-11-9-13-29-21-31(43-3)37(47-7)32(22-29)44-4)25-27-17-19-28(20-18-27)26-40(2)36(42)16-12-10-14-30-23-33(45-5)38(48-8)34(24-30)46-6/h9-16,21-24,27-28H,17-20,25-26H2,1-8H3/b13-9+,14-10+,15-11+,16-12+. The van der Waals surface area contributed by atoms with Gasteiger partial charge in [0.05, 0.1) is 42.7 Å². The monoisotopic (exact) mass is 662 g/mol. The number of rotatable bonds is 16. The number of nitrogens with zero attached hydrogens (tertiary/aromatic N) is 2. The molecule has 0 heterocycles. The number of hydrogen-bond acceptors (Lipinski definition) is 8. The fraction of sp³-hybridized carbons (Fsp3) is 0.421. The third-order valence-electron chi connectivity index (χ3n) is 8.43. The molecule has 1 fully saturated rings. The topological polar surface area (TPSA) is 96.0 Å². The fourth-order valence-corrected chi connectivity index (χ4v) is 5.81. The molecule has 0 unspecified atom stereocenters. The van der Waals surface area contributed by atoms with Crippen molar-refractivity contribution in [1.29, 1.82) is 0 Å². The molecule has 1 aliphatic carbocycles. The Labute approximate surface area is 285 Å². The maximum absolute atomic E-state index is 12.7. The SMILES string of the molecule is COc1cc(/C=C/C=C/C(=O)N(C)CC2CCC(CN(C)C(=O)/C=C/C=C/c3cc(OC)c(OC)c(OC)c3)CC2)cc(OC)c1OC. The molecule has 260 valence electrons. The Balaban J connectivity index is 1.42. The maximum Gasteiger partial charge on any atom is 0.246 e. The van der Waals surface area contributed by atoms with Crippen LogP contribution >= 0.6 is 0 Å². The molecule has 2 aromatic rings. The zero-order valence-corrected chi connectivity index (χ0v) is 29.5. The van der Waals surface area contributed by atoms with E-state index in [2.05, 4.69) is 0 Å². The maximum atomic E-state index is 12.7. The highest BCUT2D eigenvalue weighted by Crippen LogP contribution is 2.39. The van der Waals surface area contributed by atoms with Crippen LogP contribution in [0.4, 0.5) is 0 Å². The first-order chi connectivity index (χ1) is 23.2. The molecule has 1 saturated carbocycles. The summed E-state index contributed by atoms with van der Waals surface area (Å²) in [5, 5.41) is 0. The Morgan fingerprint density at radius 1 is 0.562 bits per heavy atom. The average molecular weight is 663 g/mol. The van der Waals surface area contributed by atoms with Crippen LogP contribution in [-0.4, -0.2) is 91.5 Å². The van der Waals surface area contributed by atoms with Gasteiger partial charge in [-0.3, -0.25) is 9.59 Å². The highest BCUT2D eigenvalue weighted by molar-refractivity contribution is 5.88. The molecule has 0 aromatic heterocycles. The van der Waals surface area contributed by atoms with E-state index in [9.17, 15) is 9.59 Å². The Hall–Kier alpha value is -4.86. The quantitative estimate of drug-likeness (QED) is 0.153. The summed E-state index contributed by atoms with van der Waals surface area (Å²) >= 11 is 0. The molecule has 10 nitrogen and oxygen atoms in total. The van der Waals surface area contributed by atoms with Gasteiger partial charge in [0.25, 0.3) is 0 Å². The van der Waals surface area contributed by atoms with Crippen LogP contribution in [0.2, 0.25) is 0 Å². The zero-order valence-electron chi connectivity index (χ0n) is 29.5. The summed E-state index contributed by atoms with van der Waals surface area (Å²) in [5.41, 5.74) is 1.72. The predicted octanol–water partition coefficient (Wildman–Crippen LogP) is 6.30. The normalized spacial score (nSPS) is 16.4. The van der Waals surface area contributed by atoms with E-state index in [-0.39, 0.29) is 11.8 Å². The van der Waals surface area contributed by atoms with E-state index in [0.29, 0.717) is 59.4 Å². The van der Waals surface area contributed by atoms with Crippen LogP contribution < -0.4 is 28.4 Å².